The van der Waals surface area contributed by atoms with Gasteiger partial charge in [-0.2, -0.15) is 5.12 Å². The van der Waals surface area contributed by atoms with Crippen LogP contribution in [0.15, 0.2) is 0 Å². The highest BCUT2D eigenvalue weighted by molar-refractivity contribution is 5.72. The summed E-state index contributed by atoms with van der Waals surface area (Å²) in [5, 5.41) is 6.31. The van der Waals surface area contributed by atoms with Gasteiger partial charge in [0, 0.05) is 5.84 Å². The predicted octanol–water partition coefficient (Wildman–Crippen LogP) is -1.96. The number of hydrazine groups is 1. The number of nitrogens with zero attached hydrogens (tertiary/aromatic N) is 2. The second-order valence-electron chi connectivity index (χ2n) is 0.730. The van der Waals surface area contributed by atoms with E-state index in [0.29, 0.717) is 0 Å². The fraction of sp³-hybridized carbons (Fsp3) is 0. The molecule has 5 nitrogen and oxygen atoms in total. The Morgan fingerprint density at radius 3 is 2.00 bits per heavy atom. The molecule has 6 heavy (non-hydrogen) atoms. The van der Waals surface area contributed by atoms with E-state index in [1.165, 1.54) is 0 Å². The van der Waals surface area contributed by atoms with Crippen LogP contribution in [0.25, 0.3) is 0 Å². The smallest absolute Gasteiger partial charge is 0.221 e. The Morgan fingerprint density at radius 2 is 2.00 bits per heavy atom. The van der Waals surface area contributed by atoms with Crippen LogP contribution in [-0.2, 0) is 0 Å². The van der Waals surface area contributed by atoms with Crippen LogP contribution in [0.1, 0.15) is 0 Å². The Bertz CT molecular complexity index is 55.0. The van der Waals surface area contributed by atoms with Crippen LogP contribution < -0.4 is 17.4 Å². The average Bonchev–Trinajstić information content (AvgIpc) is 1.36. The second kappa shape index (κ2) is 1.58. The first-order valence-electron chi connectivity index (χ1n) is 1.22. The van der Waals surface area contributed by atoms with Crippen molar-refractivity contribution in [3.8, 4) is 0 Å². The van der Waals surface area contributed by atoms with Crippen molar-refractivity contribution in [3.05, 3.63) is 0 Å². The van der Waals surface area contributed by atoms with E-state index >= 15 is 0 Å². The van der Waals surface area contributed by atoms with E-state index < -0.39 is 5.96 Å². The summed E-state index contributed by atoms with van der Waals surface area (Å²) >= 11 is 0. The highest BCUT2D eigenvalue weighted by Crippen LogP contribution is 1.52. The van der Waals surface area contributed by atoms with Gasteiger partial charge in [-0.05, 0) is 0 Å². The molecule has 34 valence electrons. The monoisotopic (exact) mass is 87.1 g/mol. The van der Waals surface area contributed by atoms with Gasteiger partial charge >= 0.3 is 0 Å². The van der Waals surface area contributed by atoms with Crippen LogP contribution in [0.4, 0.5) is 0 Å². The third-order valence-corrected chi connectivity index (χ3v) is 0.247. The van der Waals surface area contributed by atoms with E-state index in [4.69, 9.17) is 11.3 Å². The van der Waals surface area contributed by atoms with Crippen LogP contribution in [0.2, 0.25) is 0 Å². The van der Waals surface area contributed by atoms with E-state index in [-0.39, 0.29) is 5.12 Å². The largest absolute Gasteiger partial charge is 0.368 e. The zero-order valence-corrected chi connectivity index (χ0v) is 3.05. The van der Waals surface area contributed by atoms with Gasteiger partial charge in [-0.3, -0.25) is 5.41 Å². The quantitative estimate of drug-likeness (QED) is 0.138. The van der Waals surface area contributed by atoms with Gasteiger partial charge in [0.05, 0.1) is 0 Å². The molecule has 0 saturated heterocycles. The molecule has 0 aromatic carbocycles. The van der Waals surface area contributed by atoms with E-state index in [0.717, 1.165) is 0 Å². The summed E-state index contributed by atoms with van der Waals surface area (Å²) in [5.74, 6) is 11.8. The highest BCUT2D eigenvalue weighted by atomic mass is 15.6. The van der Waals surface area contributed by atoms with Crippen molar-refractivity contribution in [3.63, 3.8) is 0 Å². The predicted molar refractivity (Wildman–Crippen MR) is 20.1 cm³/mol. The van der Waals surface area contributed by atoms with Crippen molar-refractivity contribution in [2.45, 2.75) is 0 Å². The summed E-state index contributed by atoms with van der Waals surface area (Å²) in [7, 11) is 0. The van der Waals surface area contributed by atoms with Gasteiger partial charge < -0.3 is 5.73 Å². The van der Waals surface area contributed by atoms with Gasteiger partial charge in [0.25, 0.3) is 0 Å². The molecule has 0 heterocycles. The Labute approximate surface area is 35.1 Å². The lowest BCUT2D eigenvalue weighted by atomic mass is 11.1. The van der Waals surface area contributed by atoms with Gasteiger partial charge in [0.15, 0.2) is 0 Å². The lowest BCUT2D eigenvalue weighted by Gasteiger charge is -2.00. The maximum absolute atomic E-state index is 7.89. The minimum Gasteiger partial charge on any atom is -0.368 e. The molecule has 0 aliphatic rings. The molecule has 0 saturated carbocycles. The number of nitrogens with two attached hydrogens (primary N) is 2. The zero-order chi connectivity index (χ0) is 5.15. The molecular formula is CH5N5. The van der Waals surface area contributed by atoms with Crippen LogP contribution in [0, 0.1) is 5.41 Å². The Balaban J connectivity index is 3.26. The summed E-state index contributed by atoms with van der Waals surface area (Å²) in [6, 6.07) is 0. The average molecular weight is 87.1 g/mol. The summed E-state index contributed by atoms with van der Waals surface area (Å²) in [6.07, 6.45) is 0. The second-order valence-corrected chi connectivity index (χ2v) is 0.730. The van der Waals surface area contributed by atoms with E-state index in [1.807, 2.05) is 0 Å². The van der Waals surface area contributed by atoms with Crippen LogP contribution in [0.5, 0.6) is 0 Å². The van der Waals surface area contributed by atoms with Crippen molar-refractivity contribution >= 4 is 5.96 Å². The summed E-state index contributed by atoms with van der Waals surface area (Å²) in [6.45, 7) is 0. The third kappa shape index (κ3) is 1.50. The molecule has 0 atom stereocenters. The first-order valence-corrected chi connectivity index (χ1v) is 1.22. The first-order chi connectivity index (χ1) is 2.64. The summed E-state index contributed by atoms with van der Waals surface area (Å²) < 4.78 is 0. The molecule has 0 fully saturated rings. The van der Waals surface area contributed by atoms with Crippen LogP contribution in [0.3, 0.4) is 0 Å². The van der Waals surface area contributed by atoms with Crippen molar-refractivity contribution in [2.24, 2.45) is 11.6 Å². The van der Waals surface area contributed by atoms with Gasteiger partial charge in [0.1, 0.15) is 0 Å². The molecule has 0 bridgehead atoms. The highest BCUT2D eigenvalue weighted by Gasteiger charge is 1.87. The molecule has 5 heteroatoms. The number of hydrogen-bond acceptors (Lipinski definition) is 2. The molecule has 0 aromatic rings. The minimum absolute atomic E-state index is 0.0278. The zero-order valence-electron chi connectivity index (χ0n) is 3.05. The Morgan fingerprint density at radius 1 is 1.83 bits per heavy atom. The molecule has 0 spiro atoms. The summed E-state index contributed by atoms with van der Waals surface area (Å²) in [5.41, 5.74) is 4.57. The van der Waals surface area contributed by atoms with Crippen LogP contribution >= 0.6 is 0 Å². The van der Waals surface area contributed by atoms with E-state index in [1.54, 1.807) is 0 Å². The maximum Gasteiger partial charge on any atom is 0.221 e. The standard InChI is InChI=1S/CH5N5/c2-1(3)6(4)5/h4H2,(H3,2,3). The fourth-order valence-electron chi connectivity index (χ4n) is 0. The molecule has 0 rings (SSSR count). The Kier molecular flexibility index (Phi) is 1.37. The molecule has 0 amide bonds. The molecule has 0 aliphatic carbocycles. The molecule has 2 radical (unpaired) electrons. The topological polar surface area (TPSA) is 101 Å². The first kappa shape index (κ1) is 5.19. The number of rotatable bonds is 0. The van der Waals surface area contributed by atoms with Crippen molar-refractivity contribution in [2.75, 3.05) is 0 Å². The third-order valence-electron chi connectivity index (χ3n) is 0.247. The van der Waals surface area contributed by atoms with Gasteiger partial charge in [-0.25, -0.2) is 5.84 Å². The SMILES string of the molecule is [N]N(N)C(=N)N. The maximum atomic E-state index is 7.89. The number of nitrogens with one attached hydrogen (secondary N) is 1. The normalized spacial score (nSPS) is 7.67. The van der Waals surface area contributed by atoms with Crippen molar-refractivity contribution in [1.82, 2.24) is 11.0 Å². The van der Waals surface area contributed by atoms with Gasteiger partial charge in [-0.15, -0.1) is 0 Å². The van der Waals surface area contributed by atoms with E-state index in [9.17, 15) is 0 Å². The number of guanidine groups is 1. The summed E-state index contributed by atoms with van der Waals surface area (Å²) in [4.78, 5) is 0. The molecule has 0 aromatic heterocycles. The molecule has 5 N–H and O–H groups in total. The van der Waals surface area contributed by atoms with Crippen LogP contribution in [-0.4, -0.2) is 11.1 Å². The fourth-order valence-corrected chi connectivity index (χ4v) is 0. The minimum atomic E-state index is -0.574. The molecule has 0 aliphatic heterocycles. The number of hydrogen-bond donors (Lipinski definition) is 3. The lowest BCUT2D eigenvalue weighted by molar-refractivity contribution is 0.432. The lowest BCUT2D eigenvalue weighted by Crippen LogP contribution is -2.40. The van der Waals surface area contributed by atoms with Gasteiger partial charge in [0.2, 0.25) is 5.96 Å². The Hall–Kier alpha value is -0.810. The molecule has 0 unspecified atom stereocenters. The molecular weight excluding hydrogens is 82.0 g/mol. The van der Waals surface area contributed by atoms with Crippen molar-refractivity contribution < 1.29 is 0 Å². The van der Waals surface area contributed by atoms with Crippen molar-refractivity contribution in [1.29, 1.82) is 5.41 Å². The van der Waals surface area contributed by atoms with Gasteiger partial charge in [-0.1, -0.05) is 0 Å². The van der Waals surface area contributed by atoms with E-state index in [2.05, 4.69) is 11.6 Å².